The maximum absolute atomic E-state index is 5.45. The highest BCUT2D eigenvalue weighted by Crippen LogP contribution is 2.14. The SMILES string of the molecule is COCCOCCOc1nc(NN)ncc1C. The van der Waals surface area contributed by atoms with Crippen molar-refractivity contribution in [2.75, 3.05) is 39.0 Å². The zero-order chi connectivity index (χ0) is 12.5. The first-order chi connectivity index (χ1) is 8.27. The molecule has 1 aromatic rings. The van der Waals surface area contributed by atoms with Gasteiger partial charge in [-0.3, -0.25) is 5.43 Å². The van der Waals surface area contributed by atoms with Gasteiger partial charge in [0.25, 0.3) is 0 Å². The molecule has 0 aliphatic heterocycles. The van der Waals surface area contributed by atoms with Crippen LogP contribution in [0.5, 0.6) is 5.88 Å². The van der Waals surface area contributed by atoms with Crippen molar-refractivity contribution in [3.05, 3.63) is 11.8 Å². The van der Waals surface area contributed by atoms with E-state index in [1.165, 1.54) is 0 Å². The molecule has 1 rings (SSSR count). The molecular formula is C10H18N4O3. The second-order valence-electron chi connectivity index (χ2n) is 3.28. The highest BCUT2D eigenvalue weighted by Gasteiger charge is 2.03. The Balaban J connectivity index is 2.30. The minimum Gasteiger partial charge on any atom is -0.475 e. The van der Waals surface area contributed by atoms with Gasteiger partial charge in [-0.05, 0) is 6.92 Å². The van der Waals surface area contributed by atoms with Gasteiger partial charge >= 0.3 is 0 Å². The van der Waals surface area contributed by atoms with Crippen LogP contribution in [-0.4, -0.2) is 43.5 Å². The lowest BCUT2D eigenvalue weighted by Gasteiger charge is -2.09. The number of nitrogens with one attached hydrogen (secondary N) is 1. The average Bonchev–Trinajstić information content (AvgIpc) is 2.35. The number of hydrogen-bond acceptors (Lipinski definition) is 7. The molecule has 0 radical (unpaired) electrons. The van der Waals surface area contributed by atoms with Crippen LogP contribution in [0.3, 0.4) is 0 Å². The van der Waals surface area contributed by atoms with E-state index in [2.05, 4.69) is 15.4 Å². The van der Waals surface area contributed by atoms with E-state index in [-0.39, 0.29) is 0 Å². The molecule has 3 N–H and O–H groups in total. The van der Waals surface area contributed by atoms with Crippen LogP contribution in [0.4, 0.5) is 5.95 Å². The van der Waals surface area contributed by atoms with E-state index in [9.17, 15) is 0 Å². The lowest BCUT2D eigenvalue weighted by atomic mass is 10.4. The van der Waals surface area contributed by atoms with Crippen LogP contribution in [0, 0.1) is 6.92 Å². The van der Waals surface area contributed by atoms with Crippen molar-refractivity contribution in [3.63, 3.8) is 0 Å². The van der Waals surface area contributed by atoms with E-state index in [1.54, 1.807) is 13.3 Å². The fourth-order valence-corrected chi connectivity index (χ4v) is 1.08. The molecule has 1 aromatic heterocycles. The third-order valence-electron chi connectivity index (χ3n) is 1.95. The first-order valence-electron chi connectivity index (χ1n) is 5.27. The van der Waals surface area contributed by atoms with Gasteiger partial charge in [0.05, 0.1) is 19.8 Å². The molecule has 1 heterocycles. The van der Waals surface area contributed by atoms with Gasteiger partial charge in [0.2, 0.25) is 11.8 Å². The quantitative estimate of drug-likeness (QED) is 0.380. The Bertz CT molecular complexity index is 335. The van der Waals surface area contributed by atoms with E-state index < -0.39 is 0 Å². The van der Waals surface area contributed by atoms with Crippen molar-refractivity contribution < 1.29 is 14.2 Å². The highest BCUT2D eigenvalue weighted by molar-refractivity contribution is 5.31. The summed E-state index contributed by atoms with van der Waals surface area (Å²) in [5.74, 6) is 6.04. The molecule has 7 nitrogen and oxygen atoms in total. The maximum atomic E-state index is 5.45. The average molecular weight is 242 g/mol. The Morgan fingerprint density at radius 2 is 2.06 bits per heavy atom. The molecule has 0 aliphatic carbocycles. The molecule has 0 amide bonds. The van der Waals surface area contributed by atoms with Gasteiger partial charge in [-0.2, -0.15) is 4.98 Å². The summed E-state index contributed by atoms with van der Waals surface area (Å²) in [5, 5.41) is 0. The third kappa shape index (κ3) is 4.94. The lowest BCUT2D eigenvalue weighted by molar-refractivity contribution is 0.0535. The van der Waals surface area contributed by atoms with Crippen molar-refractivity contribution in [1.82, 2.24) is 9.97 Å². The summed E-state index contributed by atoms with van der Waals surface area (Å²) in [6.07, 6.45) is 1.64. The monoisotopic (exact) mass is 242 g/mol. The third-order valence-corrected chi connectivity index (χ3v) is 1.95. The number of nitrogens with two attached hydrogens (primary N) is 1. The Morgan fingerprint density at radius 3 is 2.76 bits per heavy atom. The summed E-state index contributed by atoms with van der Waals surface area (Å²) >= 11 is 0. The van der Waals surface area contributed by atoms with Crippen molar-refractivity contribution >= 4 is 5.95 Å². The second-order valence-corrected chi connectivity index (χ2v) is 3.28. The van der Waals surface area contributed by atoms with E-state index in [0.717, 1.165) is 5.56 Å². The zero-order valence-electron chi connectivity index (χ0n) is 10.1. The second kappa shape index (κ2) is 7.77. The predicted octanol–water partition coefficient (Wildman–Crippen LogP) is 0.112. The van der Waals surface area contributed by atoms with Crippen molar-refractivity contribution in [1.29, 1.82) is 0 Å². The van der Waals surface area contributed by atoms with E-state index in [4.69, 9.17) is 20.1 Å². The summed E-state index contributed by atoms with van der Waals surface area (Å²) < 4.78 is 15.6. The predicted molar refractivity (Wildman–Crippen MR) is 62.8 cm³/mol. The van der Waals surface area contributed by atoms with Crippen LogP contribution >= 0.6 is 0 Å². The summed E-state index contributed by atoms with van der Waals surface area (Å²) in [5.41, 5.74) is 3.21. The number of aryl methyl sites for hydroxylation is 1. The minimum atomic E-state index is 0.325. The summed E-state index contributed by atoms with van der Waals surface area (Å²) in [4.78, 5) is 8.03. The molecule has 0 spiro atoms. The summed E-state index contributed by atoms with van der Waals surface area (Å²) in [6, 6.07) is 0. The van der Waals surface area contributed by atoms with Gasteiger partial charge in [0.15, 0.2) is 0 Å². The number of ether oxygens (including phenoxy) is 3. The number of aromatic nitrogens is 2. The number of hydrazine groups is 1. The minimum absolute atomic E-state index is 0.325. The van der Waals surface area contributed by atoms with Gasteiger partial charge in [0, 0.05) is 18.9 Å². The number of anilines is 1. The number of rotatable bonds is 8. The molecular weight excluding hydrogens is 224 g/mol. The van der Waals surface area contributed by atoms with Crippen LogP contribution < -0.4 is 16.0 Å². The first-order valence-corrected chi connectivity index (χ1v) is 5.27. The van der Waals surface area contributed by atoms with Crippen molar-refractivity contribution in [2.24, 2.45) is 5.84 Å². The fourth-order valence-electron chi connectivity index (χ4n) is 1.08. The van der Waals surface area contributed by atoms with Crippen LogP contribution in [0.25, 0.3) is 0 Å². The van der Waals surface area contributed by atoms with Crippen LogP contribution in [0.15, 0.2) is 6.20 Å². The Hall–Kier alpha value is -1.44. The molecule has 0 fully saturated rings. The van der Waals surface area contributed by atoms with Crippen molar-refractivity contribution in [3.8, 4) is 5.88 Å². The van der Waals surface area contributed by atoms with Gasteiger partial charge in [-0.15, -0.1) is 0 Å². The van der Waals surface area contributed by atoms with Crippen LogP contribution in [0.1, 0.15) is 5.56 Å². The lowest BCUT2D eigenvalue weighted by Crippen LogP contribution is -2.14. The molecule has 7 heteroatoms. The van der Waals surface area contributed by atoms with Crippen LogP contribution in [-0.2, 0) is 9.47 Å². The Kier molecular flexibility index (Phi) is 6.23. The van der Waals surface area contributed by atoms with Gasteiger partial charge in [-0.25, -0.2) is 10.8 Å². The van der Waals surface area contributed by atoms with Gasteiger partial charge in [-0.1, -0.05) is 0 Å². The Morgan fingerprint density at radius 1 is 1.29 bits per heavy atom. The number of hydrogen-bond donors (Lipinski definition) is 2. The molecule has 0 saturated heterocycles. The molecule has 0 aromatic carbocycles. The topological polar surface area (TPSA) is 91.5 Å². The molecule has 17 heavy (non-hydrogen) atoms. The van der Waals surface area contributed by atoms with Crippen LogP contribution in [0.2, 0.25) is 0 Å². The molecule has 0 bridgehead atoms. The summed E-state index contributed by atoms with van der Waals surface area (Å²) in [6.45, 7) is 3.90. The zero-order valence-corrected chi connectivity index (χ0v) is 10.1. The normalized spacial score (nSPS) is 10.3. The van der Waals surface area contributed by atoms with E-state index in [1.807, 2.05) is 6.92 Å². The number of nitrogen functional groups attached to an aromatic ring is 1. The van der Waals surface area contributed by atoms with Crippen molar-refractivity contribution in [2.45, 2.75) is 6.92 Å². The fraction of sp³-hybridized carbons (Fsp3) is 0.600. The number of methoxy groups -OCH3 is 1. The van der Waals surface area contributed by atoms with E-state index >= 15 is 0 Å². The highest BCUT2D eigenvalue weighted by atomic mass is 16.5. The largest absolute Gasteiger partial charge is 0.475 e. The van der Waals surface area contributed by atoms with Gasteiger partial charge in [0.1, 0.15) is 6.61 Å². The number of nitrogens with zero attached hydrogens (tertiary/aromatic N) is 2. The molecule has 0 saturated carbocycles. The standard InChI is InChI=1S/C10H18N4O3/c1-8-7-12-10(14-11)13-9(8)17-6-5-16-4-3-15-2/h7H,3-6,11H2,1-2H3,(H,12,13,14). The molecule has 96 valence electrons. The molecule has 0 unspecified atom stereocenters. The first kappa shape index (κ1) is 13.6. The summed E-state index contributed by atoms with van der Waals surface area (Å²) in [7, 11) is 1.63. The smallest absolute Gasteiger partial charge is 0.240 e. The molecule has 0 aliphatic rings. The maximum Gasteiger partial charge on any atom is 0.240 e. The van der Waals surface area contributed by atoms with E-state index in [0.29, 0.717) is 38.3 Å². The van der Waals surface area contributed by atoms with Gasteiger partial charge < -0.3 is 14.2 Å². The Labute approximate surface area is 100 Å². The molecule has 0 atom stereocenters.